The fraction of sp³-hybridized carbons (Fsp3) is 0.143. The second kappa shape index (κ2) is 5.88. The van der Waals surface area contributed by atoms with Gasteiger partial charge in [-0.05, 0) is 35.9 Å². The van der Waals surface area contributed by atoms with Gasteiger partial charge in [-0.15, -0.1) is 0 Å². The van der Waals surface area contributed by atoms with Crippen LogP contribution in [0.15, 0.2) is 30.3 Å². The number of hydrogen-bond acceptors (Lipinski definition) is 2. The van der Waals surface area contributed by atoms with E-state index in [2.05, 4.69) is 0 Å². The second-order valence-corrected chi connectivity index (χ2v) is 4.29. The molecule has 0 spiro atoms. The van der Waals surface area contributed by atoms with Gasteiger partial charge in [0.2, 0.25) is 0 Å². The molecule has 0 atom stereocenters. The Labute approximate surface area is 120 Å². The first-order chi connectivity index (χ1) is 10.2. The zero-order valence-electron chi connectivity index (χ0n) is 10.7. The smallest absolute Gasteiger partial charge is 0.419 e. The number of benzene rings is 2. The molecule has 2 aromatic rings. The first-order valence-electron chi connectivity index (χ1n) is 5.85. The monoisotopic (exact) mass is 322 g/mol. The summed E-state index contributed by atoms with van der Waals surface area (Å²) in [6, 6.07) is 3.13. The number of rotatable bonds is 3. The molecule has 2 aromatic carbocycles. The quantitative estimate of drug-likeness (QED) is 0.848. The van der Waals surface area contributed by atoms with Crippen molar-refractivity contribution in [2.75, 3.05) is 0 Å². The molecule has 2 nitrogen and oxygen atoms in total. The van der Waals surface area contributed by atoms with Crippen LogP contribution in [0.25, 0.3) is 0 Å². The molecule has 0 aliphatic heterocycles. The van der Waals surface area contributed by atoms with Crippen molar-refractivity contribution in [1.82, 2.24) is 0 Å². The van der Waals surface area contributed by atoms with Crippen molar-refractivity contribution in [3.8, 4) is 11.5 Å². The van der Waals surface area contributed by atoms with E-state index >= 15 is 0 Å². The van der Waals surface area contributed by atoms with Crippen LogP contribution in [-0.4, -0.2) is 5.11 Å². The highest BCUT2D eigenvalue weighted by Gasteiger charge is 2.34. The average Bonchev–Trinajstić information content (AvgIpc) is 2.43. The van der Waals surface area contributed by atoms with Crippen molar-refractivity contribution >= 4 is 0 Å². The van der Waals surface area contributed by atoms with Crippen molar-refractivity contribution in [3.63, 3.8) is 0 Å². The highest BCUT2D eigenvalue weighted by molar-refractivity contribution is 5.38. The fourth-order valence-electron chi connectivity index (χ4n) is 1.70. The van der Waals surface area contributed by atoms with Crippen molar-refractivity contribution in [2.24, 2.45) is 0 Å². The van der Waals surface area contributed by atoms with Crippen LogP contribution < -0.4 is 4.74 Å². The molecular weight excluding hydrogens is 314 g/mol. The first kappa shape index (κ1) is 16.2. The molecule has 2 rings (SSSR count). The molecule has 0 unspecified atom stereocenters. The zero-order chi connectivity index (χ0) is 16.5. The average molecular weight is 322 g/mol. The summed E-state index contributed by atoms with van der Waals surface area (Å²) >= 11 is 0. The van der Waals surface area contributed by atoms with Gasteiger partial charge in [0.05, 0.1) is 12.2 Å². The molecule has 0 aliphatic rings. The van der Waals surface area contributed by atoms with Crippen molar-refractivity contribution in [3.05, 3.63) is 58.9 Å². The van der Waals surface area contributed by atoms with Gasteiger partial charge in [-0.25, -0.2) is 13.2 Å². The molecule has 0 saturated carbocycles. The lowest BCUT2D eigenvalue weighted by Crippen LogP contribution is -2.08. The second-order valence-electron chi connectivity index (χ2n) is 4.29. The molecule has 0 radical (unpaired) electrons. The SMILES string of the molecule is OCc1cc(F)c(Oc2ccc(F)c(C(F)(F)F)c2)c(F)c1. The Bertz CT molecular complexity index is 673. The number of aliphatic hydroxyl groups excluding tert-OH is 1. The van der Waals surface area contributed by atoms with E-state index in [0.29, 0.717) is 12.1 Å². The van der Waals surface area contributed by atoms with Crippen LogP contribution in [0.5, 0.6) is 11.5 Å². The minimum atomic E-state index is -4.97. The van der Waals surface area contributed by atoms with Crippen molar-refractivity contribution < 1.29 is 36.2 Å². The van der Waals surface area contributed by atoms with Crippen LogP contribution in [0.3, 0.4) is 0 Å². The van der Waals surface area contributed by atoms with E-state index in [4.69, 9.17) is 9.84 Å². The third kappa shape index (κ3) is 3.33. The highest BCUT2D eigenvalue weighted by Crippen LogP contribution is 2.36. The molecular formula is C14H8F6O2. The van der Waals surface area contributed by atoms with Crippen LogP contribution in [0.4, 0.5) is 26.3 Å². The third-order valence-corrected chi connectivity index (χ3v) is 2.70. The van der Waals surface area contributed by atoms with Crippen molar-refractivity contribution in [1.29, 1.82) is 0 Å². The predicted octanol–water partition coefficient (Wildman–Crippen LogP) is 4.41. The van der Waals surface area contributed by atoms with E-state index < -0.39 is 47.3 Å². The number of hydrogen-bond donors (Lipinski definition) is 1. The Morgan fingerprint density at radius 1 is 0.909 bits per heavy atom. The summed E-state index contributed by atoms with van der Waals surface area (Å²) in [5.74, 6) is -5.47. The molecule has 0 amide bonds. The summed E-state index contributed by atoms with van der Waals surface area (Å²) in [7, 11) is 0. The van der Waals surface area contributed by atoms with Gasteiger partial charge >= 0.3 is 6.18 Å². The molecule has 0 bridgehead atoms. The maximum Gasteiger partial charge on any atom is 0.419 e. The molecule has 0 fully saturated rings. The molecule has 0 aliphatic carbocycles. The largest absolute Gasteiger partial charge is 0.451 e. The Morgan fingerprint density at radius 3 is 2.00 bits per heavy atom. The molecule has 1 N–H and O–H groups in total. The number of halogens is 6. The van der Waals surface area contributed by atoms with Gasteiger partial charge in [0, 0.05) is 0 Å². The zero-order valence-corrected chi connectivity index (χ0v) is 10.7. The molecule has 8 heteroatoms. The van der Waals surface area contributed by atoms with E-state index in [-0.39, 0.29) is 5.56 Å². The van der Waals surface area contributed by atoms with E-state index in [1.165, 1.54) is 0 Å². The Hall–Kier alpha value is -2.22. The van der Waals surface area contributed by atoms with E-state index in [0.717, 1.165) is 18.2 Å². The summed E-state index contributed by atoms with van der Waals surface area (Å²) in [6.45, 7) is -0.622. The third-order valence-electron chi connectivity index (χ3n) is 2.70. The number of alkyl halides is 3. The molecule has 0 saturated heterocycles. The fourth-order valence-corrected chi connectivity index (χ4v) is 1.70. The van der Waals surface area contributed by atoms with Crippen LogP contribution in [0.2, 0.25) is 0 Å². The van der Waals surface area contributed by atoms with Gasteiger partial charge in [-0.3, -0.25) is 0 Å². The summed E-state index contributed by atoms with van der Waals surface area (Å²) in [6.07, 6.45) is -4.97. The maximum absolute atomic E-state index is 13.6. The summed E-state index contributed by atoms with van der Waals surface area (Å²) < 4.78 is 82.8. The lowest BCUT2D eigenvalue weighted by molar-refractivity contribution is -0.140. The van der Waals surface area contributed by atoms with Crippen LogP contribution >= 0.6 is 0 Å². The Kier molecular flexibility index (Phi) is 4.32. The molecule has 0 heterocycles. The predicted molar refractivity (Wildman–Crippen MR) is 63.8 cm³/mol. The minimum Gasteiger partial charge on any atom is -0.451 e. The van der Waals surface area contributed by atoms with E-state index in [1.807, 2.05) is 0 Å². The van der Waals surface area contributed by atoms with Gasteiger partial charge in [0.25, 0.3) is 0 Å². The summed E-state index contributed by atoms with van der Waals surface area (Å²) in [4.78, 5) is 0. The maximum atomic E-state index is 13.6. The number of ether oxygens (including phenoxy) is 1. The van der Waals surface area contributed by atoms with Gasteiger partial charge < -0.3 is 9.84 Å². The van der Waals surface area contributed by atoms with Crippen LogP contribution in [0.1, 0.15) is 11.1 Å². The van der Waals surface area contributed by atoms with Crippen molar-refractivity contribution in [2.45, 2.75) is 12.8 Å². The van der Waals surface area contributed by atoms with E-state index in [1.54, 1.807) is 0 Å². The Morgan fingerprint density at radius 2 is 1.50 bits per heavy atom. The molecule has 0 aromatic heterocycles. The van der Waals surface area contributed by atoms with Crippen LogP contribution in [-0.2, 0) is 12.8 Å². The standard InChI is InChI=1S/C14H8F6O2/c15-10-2-1-8(5-9(10)14(18,19)20)22-13-11(16)3-7(6-21)4-12(13)17/h1-5,21H,6H2. The van der Waals surface area contributed by atoms with Crippen LogP contribution in [0, 0.1) is 17.5 Å². The van der Waals surface area contributed by atoms with Gasteiger partial charge in [0.15, 0.2) is 17.4 Å². The molecule has 22 heavy (non-hydrogen) atoms. The lowest BCUT2D eigenvalue weighted by atomic mass is 10.2. The topological polar surface area (TPSA) is 29.5 Å². The van der Waals surface area contributed by atoms with Gasteiger partial charge in [-0.2, -0.15) is 13.2 Å². The lowest BCUT2D eigenvalue weighted by Gasteiger charge is -2.12. The summed E-state index contributed by atoms with van der Waals surface area (Å²) in [5, 5.41) is 8.78. The Balaban J connectivity index is 2.40. The molecule has 118 valence electrons. The number of aliphatic hydroxyl groups is 1. The minimum absolute atomic E-state index is 0.0718. The summed E-state index contributed by atoms with van der Waals surface area (Å²) in [5.41, 5.74) is -1.68. The highest BCUT2D eigenvalue weighted by atomic mass is 19.4. The van der Waals surface area contributed by atoms with Gasteiger partial charge in [-0.1, -0.05) is 0 Å². The first-order valence-corrected chi connectivity index (χ1v) is 5.85. The van der Waals surface area contributed by atoms with Gasteiger partial charge in [0.1, 0.15) is 11.6 Å². The normalized spacial score (nSPS) is 11.6. The van der Waals surface area contributed by atoms with E-state index in [9.17, 15) is 26.3 Å².